The van der Waals surface area contributed by atoms with Gasteiger partial charge in [0.05, 0.1) is 0 Å². The molecule has 0 atom stereocenters. The molecular weight excluding hydrogens is 316 g/mol. The van der Waals surface area contributed by atoms with Crippen molar-refractivity contribution in [2.45, 2.75) is 33.2 Å². The van der Waals surface area contributed by atoms with Crippen LogP contribution in [0.2, 0.25) is 0 Å². The number of thiazole rings is 1. The van der Waals surface area contributed by atoms with Gasteiger partial charge < -0.3 is 10.4 Å². The largest absolute Gasteiger partial charge is 0.477 e. The Morgan fingerprint density at radius 2 is 1.83 bits per heavy atom. The highest BCUT2D eigenvalue weighted by molar-refractivity contribution is 7.11. The number of hydrogen-bond acceptors (Lipinski definition) is 4. The average Bonchev–Trinajstić information content (AvgIpc) is 2.84. The fraction of sp³-hybridized carbons (Fsp3) is 0.312. The maximum absolute atomic E-state index is 12.1. The van der Waals surface area contributed by atoms with Crippen molar-refractivity contribution in [1.29, 1.82) is 0 Å². The van der Waals surface area contributed by atoms with Crippen LogP contribution in [0.4, 0.5) is 5.69 Å². The van der Waals surface area contributed by atoms with Crippen molar-refractivity contribution in [2.24, 2.45) is 0 Å². The lowest BCUT2D eigenvalue weighted by Crippen LogP contribution is -2.26. The van der Waals surface area contributed by atoms with Crippen molar-refractivity contribution in [3.05, 3.63) is 50.1 Å². The molecule has 1 aromatic heterocycles. The van der Waals surface area contributed by atoms with Crippen LogP contribution in [0.15, 0.2) is 29.1 Å². The second-order valence-electron chi connectivity index (χ2n) is 4.99. The van der Waals surface area contributed by atoms with Gasteiger partial charge in [-0.25, -0.2) is 4.79 Å². The number of carboxylic acid groups (broad SMARTS) is 1. The zero-order valence-corrected chi connectivity index (χ0v) is 13.8. The minimum Gasteiger partial charge on any atom is -0.477 e. The van der Waals surface area contributed by atoms with Gasteiger partial charge in [0.15, 0.2) is 0 Å². The van der Waals surface area contributed by atoms with Gasteiger partial charge in [-0.05, 0) is 30.5 Å². The number of nitrogens with one attached hydrogen (secondary N) is 1. The number of rotatable bonds is 6. The Balaban J connectivity index is 2.16. The molecule has 23 heavy (non-hydrogen) atoms. The Bertz CT molecular complexity index is 774. The lowest BCUT2D eigenvalue weighted by Gasteiger charge is -2.08. The zero-order chi connectivity index (χ0) is 17.0. The molecule has 6 nitrogen and oxygen atoms in total. The first-order valence-electron chi connectivity index (χ1n) is 7.30. The first kappa shape index (κ1) is 17.0. The number of anilines is 1. The van der Waals surface area contributed by atoms with Crippen molar-refractivity contribution in [3.63, 3.8) is 0 Å². The van der Waals surface area contributed by atoms with E-state index in [1.54, 1.807) is 19.1 Å². The smallest absolute Gasteiger partial charge is 0.347 e. The second-order valence-corrected chi connectivity index (χ2v) is 5.95. The molecule has 2 aromatic rings. The van der Waals surface area contributed by atoms with E-state index in [1.807, 2.05) is 19.1 Å². The number of amides is 1. The van der Waals surface area contributed by atoms with Gasteiger partial charge in [0, 0.05) is 11.4 Å². The van der Waals surface area contributed by atoms with Gasteiger partial charge in [0.25, 0.3) is 0 Å². The van der Waals surface area contributed by atoms with Gasteiger partial charge in [-0.15, -0.1) is 0 Å². The summed E-state index contributed by atoms with van der Waals surface area (Å²) in [5.41, 5.74) is 2.19. The van der Waals surface area contributed by atoms with Crippen LogP contribution in [0.3, 0.4) is 0 Å². The highest BCUT2D eigenvalue weighted by Gasteiger charge is 2.20. The molecule has 0 saturated heterocycles. The molecule has 0 fully saturated rings. The predicted octanol–water partition coefficient (Wildman–Crippen LogP) is 2.37. The van der Waals surface area contributed by atoms with Crippen molar-refractivity contribution in [1.82, 2.24) is 4.57 Å². The van der Waals surface area contributed by atoms with Gasteiger partial charge in [-0.1, -0.05) is 37.3 Å². The number of carbonyl (C=O) groups is 2. The first-order chi connectivity index (χ1) is 11.0. The molecule has 0 aliphatic carbocycles. The van der Waals surface area contributed by atoms with Crippen molar-refractivity contribution in [2.75, 3.05) is 5.32 Å². The van der Waals surface area contributed by atoms with E-state index in [0.29, 0.717) is 29.1 Å². The van der Waals surface area contributed by atoms with E-state index in [9.17, 15) is 14.4 Å². The topological polar surface area (TPSA) is 88.4 Å². The van der Waals surface area contributed by atoms with Gasteiger partial charge in [0.1, 0.15) is 11.4 Å². The minimum absolute atomic E-state index is 0.00222. The maximum atomic E-state index is 12.1. The molecule has 0 aliphatic rings. The summed E-state index contributed by atoms with van der Waals surface area (Å²) in [4.78, 5) is 34.8. The average molecular weight is 334 g/mol. The molecule has 1 heterocycles. The monoisotopic (exact) mass is 334 g/mol. The molecule has 0 spiro atoms. The molecule has 1 amide bonds. The molecule has 0 bridgehead atoms. The third-order valence-electron chi connectivity index (χ3n) is 3.47. The van der Waals surface area contributed by atoms with Crippen LogP contribution in [-0.4, -0.2) is 21.6 Å². The Morgan fingerprint density at radius 1 is 1.17 bits per heavy atom. The summed E-state index contributed by atoms with van der Waals surface area (Å²) in [5.74, 6) is -1.50. The van der Waals surface area contributed by atoms with Crippen LogP contribution in [0, 0.1) is 0 Å². The number of carbonyl (C=O) groups excluding carboxylic acids is 1. The fourth-order valence-corrected chi connectivity index (χ4v) is 3.20. The summed E-state index contributed by atoms with van der Waals surface area (Å²) < 4.78 is 1.23. The Hall–Kier alpha value is -2.41. The summed E-state index contributed by atoms with van der Waals surface area (Å²) in [7, 11) is 0. The van der Waals surface area contributed by atoms with Crippen LogP contribution in [-0.2, 0) is 24.2 Å². The molecule has 0 radical (unpaired) electrons. The van der Waals surface area contributed by atoms with Gasteiger partial charge in [-0.2, -0.15) is 0 Å². The summed E-state index contributed by atoms with van der Waals surface area (Å²) in [6.07, 6.45) is 1.29. The lowest BCUT2D eigenvalue weighted by molar-refractivity contribution is -0.116. The lowest BCUT2D eigenvalue weighted by atomic mass is 10.1. The molecule has 0 unspecified atom stereocenters. The SMILES string of the molecule is CCc1ccc(NC(=O)Cn2c(CC)c(C(=O)O)sc2=O)cc1. The number of aryl methyl sites for hydroxylation is 1. The van der Waals surface area contributed by atoms with E-state index < -0.39 is 10.8 Å². The second kappa shape index (κ2) is 7.23. The Morgan fingerprint density at radius 3 is 2.35 bits per heavy atom. The van der Waals surface area contributed by atoms with Crippen molar-refractivity contribution in [3.8, 4) is 0 Å². The van der Waals surface area contributed by atoms with Gasteiger partial charge in [0.2, 0.25) is 5.91 Å². The predicted molar refractivity (Wildman–Crippen MR) is 89.4 cm³/mol. The number of carboxylic acids is 1. The molecule has 7 heteroatoms. The van der Waals surface area contributed by atoms with Gasteiger partial charge >= 0.3 is 10.8 Å². The van der Waals surface area contributed by atoms with E-state index in [2.05, 4.69) is 5.32 Å². The van der Waals surface area contributed by atoms with E-state index in [1.165, 1.54) is 4.57 Å². The van der Waals surface area contributed by atoms with E-state index >= 15 is 0 Å². The Labute approximate surface area is 137 Å². The zero-order valence-electron chi connectivity index (χ0n) is 13.0. The summed E-state index contributed by atoms with van der Waals surface area (Å²) in [5, 5.41) is 11.8. The van der Waals surface area contributed by atoms with Crippen LogP contribution < -0.4 is 10.2 Å². The van der Waals surface area contributed by atoms with Crippen LogP contribution in [0.5, 0.6) is 0 Å². The van der Waals surface area contributed by atoms with Crippen LogP contribution in [0.25, 0.3) is 0 Å². The molecule has 122 valence electrons. The van der Waals surface area contributed by atoms with Crippen LogP contribution >= 0.6 is 11.3 Å². The fourth-order valence-electron chi connectivity index (χ4n) is 2.28. The number of benzene rings is 1. The van der Waals surface area contributed by atoms with E-state index in [4.69, 9.17) is 5.11 Å². The third-order valence-corrected chi connectivity index (χ3v) is 4.48. The maximum Gasteiger partial charge on any atom is 0.347 e. The molecule has 0 aliphatic heterocycles. The molecule has 0 saturated carbocycles. The number of aromatic nitrogens is 1. The van der Waals surface area contributed by atoms with E-state index in [-0.39, 0.29) is 17.3 Å². The summed E-state index contributed by atoms with van der Waals surface area (Å²) in [6.45, 7) is 3.61. The quantitative estimate of drug-likeness (QED) is 0.849. The highest BCUT2D eigenvalue weighted by Crippen LogP contribution is 2.14. The highest BCUT2D eigenvalue weighted by atomic mass is 32.1. The Kier molecular flexibility index (Phi) is 5.33. The normalized spacial score (nSPS) is 10.5. The standard InChI is InChI=1S/C16H18N2O4S/c1-3-10-5-7-11(8-6-10)17-13(19)9-18-12(4-2)14(15(20)21)23-16(18)22/h5-8H,3-4,9H2,1-2H3,(H,17,19)(H,20,21). The number of aromatic carboxylic acids is 1. The van der Waals surface area contributed by atoms with Gasteiger partial charge in [-0.3, -0.25) is 14.2 Å². The summed E-state index contributed by atoms with van der Waals surface area (Å²) >= 11 is 0.655. The molecule has 1 aromatic carbocycles. The number of nitrogens with zero attached hydrogens (tertiary/aromatic N) is 1. The van der Waals surface area contributed by atoms with E-state index in [0.717, 1.165) is 12.0 Å². The number of hydrogen-bond donors (Lipinski definition) is 2. The molecule has 2 N–H and O–H groups in total. The molecular formula is C16H18N2O4S. The first-order valence-corrected chi connectivity index (χ1v) is 8.12. The molecule has 2 rings (SSSR count). The minimum atomic E-state index is -1.14. The summed E-state index contributed by atoms with van der Waals surface area (Å²) in [6, 6.07) is 7.45. The van der Waals surface area contributed by atoms with Crippen molar-refractivity contribution < 1.29 is 14.7 Å². The van der Waals surface area contributed by atoms with Crippen molar-refractivity contribution >= 4 is 28.9 Å². The van der Waals surface area contributed by atoms with Crippen LogP contribution in [0.1, 0.15) is 34.8 Å². The third kappa shape index (κ3) is 3.87.